The van der Waals surface area contributed by atoms with Crippen molar-refractivity contribution in [2.75, 3.05) is 26.8 Å². The Morgan fingerprint density at radius 2 is 1.95 bits per heavy atom. The van der Waals surface area contributed by atoms with Crippen molar-refractivity contribution in [1.29, 1.82) is 0 Å². The van der Waals surface area contributed by atoms with E-state index in [-0.39, 0.29) is 0 Å². The Hall–Kier alpha value is -1.35. The van der Waals surface area contributed by atoms with E-state index in [0.29, 0.717) is 12.3 Å². The summed E-state index contributed by atoms with van der Waals surface area (Å²) >= 11 is 0. The Balaban J connectivity index is 1.63. The molecule has 1 aromatic carbocycles. The molecule has 1 aliphatic rings. The van der Waals surface area contributed by atoms with Gasteiger partial charge >= 0.3 is 0 Å². The maximum Gasteiger partial charge on any atom is 0.222 e. The summed E-state index contributed by atoms with van der Waals surface area (Å²) in [6.45, 7) is 2.70. The second kappa shape index (κ2) is 8.83. The maximum atomic E-state index is 12.2. The van der Waals surface area contributed by atoms with Crippen molar-refractivity contribution < 1.29 is 9.53 Å². The number of amides is 1. The Morgan fingerprint density at radius 3 is 2.62 bits per heavy atom. The van der Waals surface area contributed by atoms with Crippen LogP contribution >= 0.6 is 0 Å². The first-order valence-corrected chi connectivity index (χ1v) is 8.10. The zero-order valence-electron chi connectivity index (χ0n) is 13.1. The van der Waals surface area contributed by atoms with E-state index in [1.54, 1.807) is 7.11 Å². The van der Waals surface area contributed by atoms with Crippen molar-refractivity contribution >= 4 is 5.91 Å². The minimum absolute atomic E-state index is 0.330. The number of piperidine rings is 1. The zero-order valence-corrected chi connectivity index (χ0v) is 13.1. The zero-order chi connectivity index (χ0) is 14.9. The predicted molar refractivity (Wildman–Crippen MR) is 85.2 cm³/mol. The highest BCUT2D eigenvalue weighted by Crippen LogP contribution is 2.21. The quantitative estimate of drug-likeness (QED) is 0.771. The van der Waals surface area contributed by atoms with Gasteiger partial charge in [-0.2, -0.15) is 0 Å². The van der Waals surface area contributed by atoms with E-state index in [2.05, 4.69) is 24.3 Å². The molecule has 116 valence electrons. The summed E-state index contributed by atoms with van der Waals surface area (Å²) in [6.07, 6.45) is 6.02. The monoisotopic (exact) mass is 289 g/mol. The number of ether oxygens (including phenoxy) is 1. The van der Waals surface area contributed by atoms with Crippen LogP contribution in [-0.2, 0) is 16.0 Å². The molecular formula is C18H27NO2. The van der Waals surface area contributed by atoms with Crippen molar-refractivity contribution in [3.63, 3.8) is 0 Å². The molecule has 0 saturated carbocycles. The van der Waals surface area contributed by atoms with Gasteiger partial charge in [-0.05, 0) is 43.6 Å². The molecule has 0 atom stereocenters. The molecule has 1 aromatic rings. The Morgan fingerprint density at radius 1 is 1.24 bits per heavy atom. The first kappa shape index (κ1) is 16.0. The van der Waals surface area contributed by atoms with Gasteiger partial charge in [0.05, 0.1) is 0 Å². The molecule has 0 aromatic heterocycles. The summed E-state index contributed by atoms with van der Waals surface area (Å²) < 4.78 is 5.13. The largest absolute Gasteiger partial charge is 0.385 e. The lowest BCUT2D eigenvalue weighted by Gasteiger charge is -2.32. The molecule has 1 aliphatic heterocycles. The molecule has 0 spiro atoms. The third-order valence-electron chi connectivity index (χ3n) is 4.40. The Kier molecular flexibility index (Phi) is 6.74. The number of aryl methyl sites for hydroxylation is 1. The Bertz CT molecular complexity index is 410. The number of hydrogen-bond donors (Lipinski definition) is 0. The number of carbonyl (C=O) groups excluding carboxylic acids is 1. The molecule has 1 amide bonds. The molecule has 1 fully saturated rings. The van der Waals surface area contributed by atoms with E-state index >= 15 is 0 Å². The molecule has 21 heavy (non-hydrogen) atoms. The highest BCUT2D eigenvalue weighted by molar-refractivity contribution is 5.76. The van der Waals surface area contributed by atoms with Gasteiger partial charge in [0, 0.05) is 33.2 Å². The SMILES string of the molecule is COCCC1CCN(C(=O)CCCc2ccccc2)CC1. The number of hydrogen-bond acceptors (Lipinski definition) is 2. The summed E-state index contributed by atoms with van der Waals surface area (Å²) in [5.74, 6) is 1.06. The fourth-order valence-electron chi connectivity index (χ4n) is 3.00. The summed E-state index contributed by atoms with van der Waals surface area (Å²) in [5.41, 5.74) is 1.32. The van der Waals surface area contributed by atoms with Gasteiger partial charge in [-0.25, -0.2) is 0 Å². The van der Waals surface area contributed by atoms with Crippen LogP contribution in [0.3, 0.4) is 0 Å². The fourth-order valence-corrected chi connectivity index (χ4v) is 3.00. The third-order valence-corrected chi connectivity index (χ3v) is 4.40. The third kappa shape index (κ3) is 5.50. The smallest absolute Gasteiger partial charge is 0.222 e. The van der Waals surface area contributed by atoms with E-state index in [9.17, 15) is 4.79 Å². The van der Waals surface area contributed by atoms with Gasteiger partial charge in [0.15, 0.2) is 0 Å². The average Bonchev–Trinajstić information content (AvgIpc) is 2.54. The second-order valence-corrected chi connectivity index (χ2v) is 5.94. The summed E-state index contributed by atoms with van der Waals surface area (Å²) in [7, 11) is 1.76. The van der Waals surface area contributed by atoms with Crippen LogP contribution in [0.4, 0.5) is 0 Å². The molecular weight excluding hydrogens is 262 g/mol. The number of methoxy groups -OCH3 is 1. The van der Waals surface area contributed by atoms with Crippen molar-refractivity contribution in [3.8, 4) is 0 Å². The number of benzene rings is 1. The van der Waals surface area contributed by atoms with Crippen LogP contribution in [0.15, 0.2) is 30.3 Å². The fraction of sp³-hybridized carbons (Fsp3) is 0.611. The van der Waals surface area contributed by atoms with E-state index in [4.69, 9.17) is 4.74 Å². The van der Waals surface area contributed by atoms with Gasteiger partial charge < -0.3 is 9.64 Å². The minimum Gasteiger partial charge on any atom is -0.385 e. The summed E-state index contributed by atoms with van der Waals surface area (Å²) in [5, 5.41) is 0. The normalized spacial score (nSPS) is 16.1. The molecule has 0 bridgehead atoms. The van der Waals surface area contributed by atoms with Gasteiger partial charge in [-0.15, -0.1) is 0 Å². The van der Waals surface area contributed by atoms with Crippen LogP contribution in [0.5, 0.6) is 0 Å². The van der Waals surface area contributed by atoms with Gasteiger partial charge in [0.1, 0.15) is 0 Å². The topological polar surface area (TPSA) is 29.5 Å². The van der Waals surface area contributed by atoms with E-state index in [1.807, 2.05) is 11.0 Å². The van der Waals surface area contributed by atoms with Crippen LogP contribution in [0.25, 0.3) is 0 Å². The lowest BCUT2D eigenvalue weighted by atomic mass is 9.93. The molecule has 3 heteroatoms. The van der Waals surface area contributed by atoms with Crippen molar-refractivity contribution in [1.82, 2.24) is 4.90 Å². The van der Waals surface area contributed by atoms with Crippen LogP contribution in [-0.4, -0.2) is 37.6 Å². The van der Waals surface area contributed by atoms with Gasteiger partial charge in [0.2, 0.25) is 5.91 Å². The molecule has 0 N–H and O–H groups in total. The lowest BCUT2D eigenvalue weighted by Crippen LogP contribution is -2.38. The lowest BCUT2D eigenvalue weighted by molar-refractivity contribution is -0.132. The highest BCUT2D eigenvalue weighted by atomic mass is 16.5. The maximum absolute atomic E-state index is 12.2. The van der Waals surface area contributed by atoms with E-state index < -0.39 is 0 Å². The van der Waals surface area contributed by atoms with Gasteiger partial charge in [-0.3, -0.25) is 4.79 Å². The molecule has 2 rings (SSSR count). The molecule has 3 nitrogen and oxygen atoms in total. The highest BCUT2D eigenvalue weighted by Gasteiger charge is 2.22. The number of carbonyl (C=O) groups is 1. The number of likely N-dealkylation sites (tertiary alicyclic amines) is 1. The summed E-state index contributed by atoms with van der Waals surface area (Å²) in [4.78, 5) is 14.3. The van der Waals surface area contributed by atoms with Crippen molar-refractivity contribution in [2.24, 2.45) is 5.92 Å². The van der Waals surface area contributed by atoms with E-state index in [1.165, 1.54) is 5.56 Å². The second-order valence-electron chi connectivity index (χ2n) is 5.94. The van der Waals surface area contributed by atoms with Crippen molar-refractivity contribution in [2.45, 2.75) is 38.5 Å². The van der Waals surface area contributed by atoms with Gasteiger partial charge in [-0.1, -0.05) is 30.3 Å². The van der Waals surface area contributed by atoms with Crippen LogP contribution in [0.1, 0.15) is 37.7 Å². The summed E-state index contributed by atoms with van der Waals surface area (Å²) in [6, 6.07) is 10.4. The first-order chi connectivity index (χ1) is 10.3. The van der Waals surface area contributed by atoms with Gasteiger partial charge in [0.25, 0.3) is 0 Å². The molecule has 0 unspecified atom stereocenters. The molecule has 1 heterocycles. The number of rotatable bonds is 7. The minimum atomic E-state index is 0.330. The molecule has 1 saturated heterocycles. The molecule has 0 aliphatic carbocycles. The van der Waals surface area contributed by atoms with Crippen LogP contribution < -0.4 is 0 Å². The average molecular weight is 289 g/mol. The van der Waals surface area contributed by atoms with Crippen LogP contribution in [0.2, 0.25) is 0 Å². The standard InChI is InChI=1S/C18H27NO2/c1-21-15-12-17-10-13-19(14-11-17)18(20)9-5-8-16-6-3-2-4-7-16/h2-4,6-7,17H,5,8-15H2,1H3. The Labute approximate surface area is 128 Å². The van der Waals surface area contributed by atoms with E-state index in [0.717, 1.165) is 57.7 Å². The molecule has 0 radical (unpaired) electrons. The van der Waals surface area contributed by atoms with Crippen molar-refractivity contribution in [3.05, 3.63) is 35.9 Å². The first-order valence-electron chi connectivity index (χ1n) is 8.10. The number of nitrogens with zero attached hydrogens (tertiary/aromatic N) is 1. The van der Waals surface area contributed by atoms with Crippen LogP contribution in [0, 0.1) is 5.92 Å². The predicted octanol–water partition coefficient (Wildman–Crippen LogP) is 3.28.